The third kappa shape index (κ3) is 5.39. The van der Waals surface area contributed by atoms with Crippen LogP contribution in [0.25, 0.3) is 11.3 Å². The molecule has 1 aliphatic carbocycles. The van der Waals surface area contributed by atoms with Crippen LogP contribution in [0.3, 0.4) is 0 Å². The standard InChI is InChI=1S/C25H26ClN3O4S/c1-34(32,33)23-12-11-18(14-20(23)26)29(25(31)13-10-17-6-2-3-7-17)24-16-27-21(15-28-24)19-8-4-5-9-22(19)30/h4-5,8-9,11-12,14-17,30H,2-3,6-7,10,13H2,1H3. The molecule has 4 rings (SSSR count). The molecule has 0 bridgehead atoms. The molecule has 9 heteroatoms. The van der Waals surface area contributed by atoms with Gasteiger partial charge in [0.25, 0.3) is 0 Å². The van der Waals surface area contributed by atoms with Gasteiger partial charge in [0.2, 0.25) is 5.91 Å². The van der Waals surface area contributed by atoms with Gasteiger partial charge in [-0.3, -0.25) is 14.7 Å². The first-order chi connectivity index (χ1) is 16.2. The van der Waals surface area contributed by atoms with E-state index in [0.29, 0.717) is 35.1 Å². The van der Waals surface area contributed by atoms with E-state index in [1.165, 1.54) is 42.3 Å². The lowest BCUT2D eigenvalue weighted by Crippen LogP contribution is -2.27. The highest BCUT2D eigenvalue weighted by Gasteiger charge is 2.24. The van der Waals surface area contributed by atoms with Gasteiger partial charge in [0.05, 0.1) is 33.7 Å². The molecule has 178 valence electrons. The first-order valence-electron chi connectivity index (χ1n) is 11.2. The summed E-state index contributed by atoms with van der Waals surface area (Å²) in [6.45, 7) is 0. The van der Waals surface area contributed by atoms with Crippen LogP contribution in [-0.2, 0) is 14.6 Å². The van der Waals surface area contributed by atoms with Crippen LogP contribution in [-0.4, -0.2) is 35.7 Å². The van der Waals surface area contributed by atoms with E-state index in [1.54, 1.807) is 30.3 Å². The highest BCUT2D eigenvalue weighted by Crippen LogP contribution is 2.34. The Labute approximate surface area is 204 Å². The number of carbonyl (C=O) groups excluding carboxylic acids is 1. The van der Waals surface area contributed by atoms with E-state index in [0.717, 1.165) is 25.5 Å². The molecule has 1 saturated carbocycles. The zero-order valence-electron chi connectivity index (χ0n) is 18.8. The normalized spacial score (nSPS) is 14.3. The van der Waals surface area contributed by atoms with Crippen molar-refractivity contribution < 1.29 is 18.3 Å². The van der Waals surface area contributed by atoms with Crippen LogP contribution in [0.15, 0.2) is 59.8 Å². The number of hydrogen-bond acceptors (Lipinski definition) is 6. The van der Waals surface area contributed by atoms with Crippen molar-refractivity contribution in [3.63, 3.8) is 0 Å². The average molecular weight is 500 g/mol. The number of anilines is 2. The number of benzene rings is 2. The van der Waals surface area contributed by atoms with E-state index in [2.05, 4.69) is 9.97 Å². The number of sulfone groups is 1. The topological polar surface area (TPSA) is 100 Å². The van der Waals surface area contributed by atoms with Crippen LogP contribution in [0.5, 0.6) is 5.75 Å². The Morgan fingerprint density at radius 3 is 2.47 bits per heavy atom. The largest absolute Gasteiger partial charge is 0.507 e. The third-order valence-electron chi connectivity index (χ3n) is 6.11. The molecule has 0 saturated heterocycles. The predicted octanol–water partition coefficient (Wildman–Crippen LogP) is 5.54. The van der Waals surface area contributed by atoms with Gasteiger partial charge in [-0.1, -0.05) is 49.4 Å². The molecular weight excluding hydrogens is 474 g/mol. The van der Waals surface area contributed by atoms with Crippen LogP contribution in [0, 0.1) is 5.92 Å². The molecule has 1 amide bonds. The minimum Gasteiger partial charge on any atom is -0.507 e. The minimum absolute atomic E-state index is 0.00254. The molecule has 34 heavy (non-hydrogen) atoms. The van der Waals surface area contributed by atoms with E-state index < -0.39 is 9.84 Å². The van der Waals surface area contributed by atoms with Gasteiger partial charge in [0.15, 0.2) is 15.7 Å². The second-order valence-corrected chi connectivity index (χ2v) is 11.0. The van der Waals surface area contributed by atoms with Crippen LogP contribution in [0.4, 0.5) is 11.5 Å². The number of carbonyl (C=O) groups is 1. The van der Waals surface area contributed by atoms with Crippen LogP contribution in [0.2, 0.25) is 5.02 Å². The number of phenols is 1. The quantitative estimate of drug-likeness (QED) is 0.458. The molecule has 1 heterocycles. The smallest absolute Gasteiger partial charge is 0.232 e. The van der Waals surface area contributed by atoms with Gasteiger partial charge in [-0.2, -0.15) is 0 Å². The fourth-order valence-corrected chi connectivity index (χ4v) is 5.66. The molecule has 1 aromatic heterocycles. The zero-order valence-corrected chi connectivity index (χ0v) is 20.4. The second-order valence-electron chi connectivity index (χ2n) is 8.58. The number of phenolic OH excluding ortho intramolecular Hbond substituents is 1. The van der Waals surface area contributed by atoms with E-state index in [4.69, 9.17) is 11.6 Å². The van der Waals surface area contributed by atoms with Gasteiger partial charge in [-0.25, -0.2) is 13.4 Å². The fraction of sp³-hybridized carbons (Fsp3) is 0.320. The molecule has 1 N–H and O–H groups in total. The number of nitrogens with zero attached hydrogens (tertiary/aromatic N) is 3. The molecule has 0 unspecified atom stereocenters. The van der Waals surface area contributed by atoms with Gasteiger partial charge in [0.1, 0.15) is 5.75 Å². The van der Waals surface area contributed by atoms with Crippen molar-refractivity contribution in [3.8, 4) is 17.0 Å². The van der Waals surface area contributed by atoms with Crippen molar-refractivity contribution in [3.05, 3.63) is 59.9 Å². The molecule has 0 aliphatic heterocycles. The molecule has 7 nitrogen and oxygen atoms in total. The molecule has 0 atom stereocenters. The summed E-state index contributed by atoms with van der Waals surface area (Å²) in [5.41, 5.74) is 1.41. The molecule has 3 aromatic rings. The Morgan fingerprint density at radius 1 is 1.12 bits per heavy atom. The first kappa shape index (κ1) is 24.2. The highest BCUT2D eigenvalue weighted by molar-refractivity contribution is 7.90. The number of para-hydroxylation sites is 1. The maximum Gasteiger partial charge on any atom is 0.232 e. The summed E-state index contributed by atoms with van der Waals surface area (Å²) < 4.78 is 24.0. The van der Waals surface area contributed by atoms with Crippen molar-refractivity contribution in [2.24, 2.45) is 5.92 Å². The molecule has 0 radical (unpaired) electrons. The van der Waals surface area contributed by atoms with Crippen molar-refractivity contribution in [2.75, 3.05) is 11.2 Å². The Morgan fingerprint density at radius 2 is 1.85 bits per heavy atom. The summed E-state index contributed by atoms with van der Waals surface area (Å²) >= 11 is 6.27. The first-order valence-corrected chi connectivity index (χ1v) is 13.4. The highest BCUT2D eigenvalue weighted by atomic mass is 35.5. The Bertz CT molecular complexity index is 1290. The van der Waals surface area contributed by atoms with E-state index in [1.807, 2.05) is 0 Å². The van der Waals surface area contributed by atoms with E-state index >= 15 is 0 Å². The van der Waals surface area contributed by atoms with Gasteiger partial charge < -0.3 is 5.11 Å². The number of aromatic hydroxyl groups is 1. The summed E-state index contributed by atoms with van der Waals surface area (Å²) in [6.07, 6.45) is 9.83. The van der Waals surface area contributed by atoms with Gasteiger partial charge in [0, 0.05) is 18.2 Å². The van der Waals surface area contributed by atoms with Gasteiger partial charge in [-0.05, 0) is 42.7 Å². The Kier molecular flexibility index (Phi) is 7.19. The number of hydrogen-bond donors (Lipinski definition) is 1. The molecule has 0 spiro atoms. The van der Waals surface area contributed by atoms with Gasteiger partial charge >= 0.3 is 0 Å². The maximum atomic E-state index is 13.4. The Balaban J connectivity index is 1.68. The van der Waals surface area contributed by atoms with Crippen molar-refractivity contribution >= 4 is 38.9 Å². The SMILES string of the molecule is CS(=O)(=O)c1ccc(N(C(=O)CCC2CCCC2)c2cnc(-c3ccccc3O)cn2)cc1Cl. The van der Waals surface area contributed by atoms with Crippen molar-refractivity contribution in [2.45, 2.75) is 43.4 Å². The number of halogens is 1. The maximum absolute atomic E-state index is 13.4. The second kappa shape index (κ2) is 10.1. The molecular formula is C25H26ClN3O4S. The zero-order chi connectivity index (χ0) is 24.3. The number of aromatic nitrogens is 2. The fourth-order valence-electron chi connectivity index (χ4n) is 4.34. The lowest BCUT2D eigenvalue weighted by atomic mass is 10.0. The summed E-state index contributed by atoms with van der Waals surface area (Å²) in [5.74, 6) is 0.743. The Hall–Kier alpha value is -2.97. The lowest BCUT2D eigenvalue weighted by molar-refractivity contribution is -0.118. The van der Waals surface area contributed by atoms with Crippen LogP contribution >= 0.6 is 11.6 Å². The average Bonchev–Trinajstić information content (AvgIpc) is 3.32. The van der Waals surface area contributed by atoms with Gasteiger partial charge in [-0.15, -0.1) is 0 Å². The minimum atomic E-state index is -3.51. The summed E-state index contributed by atoms with van der Waals surface area (Å²) in [5, 5.41) is 10.1. The van der Waals surface area contributed by atoms with Crippen molar-refractivity contribution in [1.82, 2.24) is 9.97 Å². The monoisotopic (exact) mass is 499 g/mol. The van der Waals surface area contributed by atoms with E-state index in [-0.39, 0.29) is 21.6 Å². The third-order valence-corrected chi connectivity index (χ3v) is 7.69. The lowest BCUT2D eigenvalue weighted by Gasteiger charge is -2.23. The molecule has 1 aliphatic rings. The van der Waals surface area contributed by atoms with Crippen LogP contribution in [0.1, 0.15) is 38.5 Å². The number of amides is 1. The summed E-state index contributed by atoms with van der Waals surface area (Å²) in [6, 6.07) is 11.2. The van der Waals surface area contributed by atoms with Crippen LogP contribution < -0.4 is 4.90 Å². The van der Waals surface area contributed by atoms with E-state index in [9.17, 15) is 18.3 Å². The summed E-state index contributed by atoms with van der Waals surface area (Å²) in [4.78, 5) is 23.6. The summed E-state index contributed by atoms with van der Waals surface area (Å²) in [7, 11) is -3.51. The number of rotatable bonds is 7. The van der Waals surface area contributed by atoms with Crippen molar-refractivity contribution in [1.29, 1.82) is 0 Å². The predicted molar refractivity (Wildman–Crippen MR) is 132 cm³/mol. The molecule has 2 aromatic carbocycles. The molecule has 1 fully saturated rings.